The van der Waals surface area contributed by atoms with E-state index in [1.165, 1.54) is 6.07 Å². The van der Waals surface area contributed by atoms with E-state index in [1.54, 1.807) is 19.1 Å². The van der Waals surface area contributed by atoms with Crippen LogP contribution in [0.4, 0.5) is 11.4 Å². The maximum absolute atomic E-state index is 10.7. The minimum atomic E-state index is -0.436. The van der Waals surface area contributed by atoms with E-state index < -0.39 is 10.8 Å². The molecule has 0 atom stereocenters. The molecule has 0 heterocycles. The van der Waals surface area contributed by atoms with Gasteiger partial charge in [-0.3, -0.25) is 14.9 Å². The third-order valence-electron chi connectivity index (χ3n) is 2.19. The van der Waals surface area contributed by atoms with Crippen molar-refractivity contribution < 1.29 is 9.72 Å². The number of rotatable bonds is 5. The molecule has 1 amide bonds. The first kappa shape index (κ1) is 12.0. The fraction of sp³-hybridized carbons (Fsp3) is 0.300. The van der Waals surface area contributed by atoms with Gasteiger partial charge in [-0.1, -0.05) is 6.07 Å². The van der Waals surface area contributed by atoms with Crippen LogP contribution in [0.5, 0.6) is 0 Å². The summed E-state index contributed by atoms with van der Waals surface area (Å²) in [7, 11) is 0. The highest BCUT2D eigenvalue weighted by molar-refractivity contribution is 5.74. The van der Waals surface area contributed by atoms with Gasteiger partial charge < -0.3 is 11.1 Å². The summed E-state index contributed by atoms with van der Waals surface area (Å²) in [5.74, 6) is -0.407. The van der Waals surface area contributed by atoms with Crippen molar-refractivity contribution in [1.29, 1.82) is 0 Å². The summed E-state index contributed by atoms with van der Waals surface area (Å²) in [6.45, 7) is 2.03. The van der Waals surface area contributed by atoms with Crippen molar-refractivity contribution in [2.24, 2.45) is 5.73 Å². The van der Waals surface area contributed by atoms with Crippen molar-refractivity contribution in [3.8, 4) is 0 Å². The Morgan fingerprint density at radius 3 is 2.81 bits per heavy atom. The lowest BCUT2D eigenvalue weighted by Crippen LogP contribution is -2.16. The summed E-state index contributed by atoms with van der Waals surface area (Å²) >= 11 is 0. The van der Waals surface area contributed by atoms with E-state index in [2.05, 4.69) is 5.32 Å². The molecule has 0 saturated carbocycles. The van der Waals surface area contributed by atoms with Crippen molar-refractivity contribution in [2.45, 2.75) is 13.3 Å². The Morgan fingerprint density at radius 2 is 2.25 bits per heavy atom. The van der Waals surface area contributed by atoms with Crippen LogP contribution >= 0.6 is 0 Å². The number of anilines is 1. The van der Waals surface area contributed by atoms with E-state index in [9.17, 15) is 14.9 Å². The number of primary amides is 1. The second-order valence-corrected chi connectivity index (χ2v) is 3.35. The first-order valence-corrected chi connectivity index (χ1v) is 4.78. The molecule has 0 aliphatic carbocycles. The Morgan fingerprint density at radius 1 is 1.56 bits per heavy atom. The molecular formula is C10H13N3O3. The molecule has 86 valence electrons. The van der Waals surface area contributed by atoms with Crippen LogP contribution in [0, 0.1) is 17.0 Å². The highest BCUT2D eigenvalue weighted by atomic mass is 16.6. The summed E-state index contributed by atoms with van der Waals surface area (Å²) in [4.78, 5) is 20.7. The topological polar surface area (TPSA) is 98.3 Å². The minimum Gasteiger partial charge on any atom is -0.384 e. The summed E-state index contributed by atoms with van der Waals surface area (Å²) in [5.41, 5.74) is 6.25. The van der Waals surface area contributed by atoms with Crippen LogP contribution in [0.15, 0.2) is 18.2 Å². The van der Waals surface area contributed by atoms with Gasteiger partial charge in [0.05, 0.1) is 4.92 Å². The summed E-state index contributed by atoms with van der Waals surface area (Å²) < 4.78 is 0. The molecule has 16 heavy (non-hydrogen) atoms. The molecule has 1 aromatic rings. The quantitative estimate of drug-likeness (QED) is 0.578. The molecule has 1 aromatic carbocycles. The third kappa shape index (κ3) is 2.94. The smallest absolute Gasteiger partial charge is 0.274 e. The van der Waals surface area contributed by atoms with Crippen LogP contribution in [0.2, 0.25) is 0 Å². The monoisotopic (exact) mass is 223 g/mol. The second kappa shape index (κ2) is 5.11. The van der Waals surface area contributed by atoms with Crippen molar-refractivity contribution in [3.05, 3.63) is 33.9 Å². The molecular weight excluding hydrogens is 210 g/mol. The molecule has 0 unspecified atom stereocenters. The molecule has 3 N–H and O–H groups in total. The number of nitrogens with two attached hydrogens (primary N) is 1. The van der Waals surface area contributed by atoms with Gasteiger partial charge >= 0.3 is 0 Å². The first-order chi connectivity index (χ1) is 7.52. The van der Waals surface area contributed by atoms with Gasteiger partial charge in [-0.05, 0) is 13.0 Å². The van der Waals surface area contributed by atoms with Crippen LogP contribution in [0.25, 0.3) is 0 Å². The zero-order valence-electron chi connectivity index (χ0n) is 8.90. The van der Waals surface area contributed by atoms with E-state index in [-0.39, 0.29) is 12.1 Å². The fourth-order valence-corrected chi connectivity index (χ4v) is 1.33. The number of nitrogens with one attached hydrogen (secondary N) is 1. The van der Waals surface area contributed by atoms with Gasteiger partial charge in [-0.15, -0.1) is 0 Å². The molecule has 0 spiro atoms. The van der Waals surface area contributed by atoms with E-state index >= 15 is 0 Å². The molecule has 0 aliphatic heterocycles. The van der Waals surface area contributed by atoms with Gasteiger partial charge in [0.25, 0.3) is 5.69 Å². The van der Waals surface area contributed by atoms with E-state index in [0.29, 0.717) is 17.8 Å². The van der Waals surface area contributed by atoms with Gasteiger partial charge in [0.15, 0.2) is 0 Å². The Balaban J connectivity index is 2.77. The normalized spacial score (nSPS) is 9.81. The summed E-state index contributed by atoms with van der Waals surface area (Å²) in [6.07, 6.45) is 0.197. The van der Waals surface area contributed by atoms with E-state index in [4.69, 9.17) is 5.73 Å². The average Bonchev–Trinajstić information content (AvgIpc) is 2.19. The lowest BCUT2D eigenvalue weighted by molar-refractivity contribution is -0.385. The Labute approximate surface area is 92.6 Å². The van der Waals surface area contributed by atoms with Crippen LogP contribution in [0.3, 0.4) is 0 Å². The maximum Gasteiger partial charge on any atom is 0.274 e. The van der Waals surface area contributed by atoms with Crippen LogP contribution in [0.1, 0.15) is 12.0 Å². The van der Waals surface area contributed by atoms with Crippen LogP contribution in [-0.4, -0.2) is 17.4 Å². The minimum absolute atomic E-state index is 0.0593. The number of amides is 1. The highest BCUT2D eigenvalue weighted by Gasteiger charge is 2.12. The molecule has 0 fully saturated rings. The number of benzene rings is 1. The first-order valence-electron chi connectivity index (χ1n) is 4.78. The Bertz CT molecular complexity index is 418. The number of nitrogens with zero attached hydrogens (tertiary/aromatic N) is 1. The van der Waals surface area contributed by atoms with Crippen molar-refractivity contribution in [2.75, 3.05) is 11.9 Å². The number of nitro groups is 1. The highest BCUT2D eigenvalue weighted by Crippen LogP contribution is 2.24. The van der Waals surface area contributed by atoms with E-state index in [0.717, 1.165) is 0 Å². The molecule has 6 nitrogen and oxygen atoms in total. The zero-order chi connectivity index (χ0) is 12.1. The van der Waals surface area contributed by atoms with Gasteiger partial charge in [-0.2, -0.15) is 0 Å². The zero-order valence-corrected chi connectivity index (χ0v) is 8.90. The Hall–Kier alpha value is -2.11. The molecule has 0 saturated heterocycles. The van der Waals surface area contributed by atoms with Gasteiger partial charge in [0, 0.05) is 30.3 Å². The maximum atomic E-state index is 10.7. The van der Waals surface area contributed by atoms with Crippen molar-refractivity contribution in [3.63, 3.8) is 0 Å². The second-order valence-electron chi connectivity index (χ2n) is 3.35. The van der Waals surface area contributed by atoms with Crippen LogP contribution < -0.4 is 11.1 Å². The standard InChI is InChI=1S/C10H13N3O3/c1-7-8(12-6-5-10(11)14)3-2-4-9(7)13(15)16/h2-4,12H,5-6H2,1H3,(H2,11,14). The average molecular weight is 223 g/mol. The number of nitro benzene ring substituents is 1. The number of carbonyl (C=O) groups excluding carboxylic acids is 1. The van der Waals surface area contributed by atoms with Gasteiger partial charge in [0.1, 0.15) is 0 Å². The predicted octanol–water partition coefficient (Wildman–Crippen LogP) is 1.19. The molecule has 1 rings (SSSR count). The summed E-state index contributed by atoms with van der Waals surface area (Å²) in [5, 5.41) is 13.6. The lowest BCUT2D eigenvalue weighted by atomic mass is 10.1. The third-order valence-corrected chi connectivity index (χ3v) is 2.19. The molecule has 0 bridgehead atoms. The van der Waals surface area contributed by atoms with Gasteiger partial charge in [0.2, 0.25) is 5.91 Å². The molecule has 0 radical (unpaired) electrons. The Kier molecular flexibility index (Phi) is 3.82. The SMILES string of the molecule is Cc1c(NCCC(N)=O)cccc1[N+](=O)[O-]. The van der Waals surface area contributed by atoms with E-state index in [1.807, 2.05) is 0 Å². The number of carbonyl (C=O) groups is 1. The number of hydrogen-bond donors (Lipinski definition) is 2. The molecule has 6 heteroatoms. The van der Waals surface area contributed by atoms with Gasteiger partial charge in [-0.25, -0.2) is 0 Å². The van der Waals surface area contributed by atoms with Crippen molar-refractivity contribution >= 4 is 17.3 Å². The molecule has 0 aromatic heterocycles. The fourth-order valence-electron chi connectivity index (χ4n) is 1.33. The molecule has 0 aliphatic rings. The predicted molar refractivity (Wildman–Crippen MR) is 60.1 cm³/mol. The van der Waals surface area contributed by atoms with Crippen LogP contribution in [-0.2, 0) is 4.79 Å². The largest absolute Gasteiger partial charge is 0.384 e. The number of hydrogen-bond acceptors (Lipinski definition) is 4. The van der Waals surface area contributed by atoms with Crippen molar-refractivity contribution in [1.82, 2.24) is 0 Å². The summed E-state index contributed by atoms with van der Waals surface area (Å²) in [6, 6.07) is 4.76. The lowest BCUT2D eigenvalue weighted by Gasteiger charge is -2.08.